The first-order valence-corrected chi connectivity index (χ1v) is 10.4. The third-order valence-electron chi connectivity index (χ3n) is 5.88. The molecule has 2 aliphatic heterocycles. The second-order valence-electron chi connectivity index (χ2n) is 7.81. The van der Waals surface area contributed by atoms with Crippen LogP contribution in [0.2, 0.25) is 0 Å². The van der Waals surface area contributed by atoms with Crippen molar-refractivity contribution in [2.45, 2.75) is 19.4 Å². The predicted octanol–water partition coefficient (Wildman–Crippen LogP) is 3.55. The van der Waals surface area contributed by atoms with E-state index in [-0.39, 0.29) is 0 Å². The number of benzene rings is 2. The van der Waals surface area contributed by atoms with Gasteiger partial charge < -0.3 is 9.80 Å². The van der Waals surface area contributed by atoms with Crippen LogP contribution in [-0.4, -0.2) is 54.1 Å². The zero-order valence-electron chi connectivity index (χ0n) is 16.3. The summed E-state index contributed by atoms with van der Waals surface area (Å²) in [4.78, 5) is 17.3. The maximum absolute atomic E-state index is 5.04. The molecule has 2 aromatic carbocycles. The van der Waals surface area contributed by atoms with Crippen molar-refractivity contribution in [3.8, 4) is 0 Å². The Hall–Kier alpha value is -2.66. The van der Waals surface area contributed by atoms with Gasteiger partial charge in [0.25, 0.3) is 0 Å². The quantitative estimate of drug-likeness (QED) is 0.699. The SMILES string of the molecule is c1ccc(CN2CCN(c3nc(N4CCCC4)c4ccccc4n3)CC2)cc1. The van der Waals surface area contributed by atoms with Gasteiger partial charge in [-0.1, -0.05) is 42.5 Å². The molecule has 0 radical (unpaired) electrons. The van der Waals surface area contributed by atoms with E-state index in [0.717, 1.165) is 63.1 Å². The number of aromatic nitrogens is 2. The van der Waals surface area contributed by atoms with Gasteiger partial charge in [-0.25, -0.2) is 4.98 Å². The molecule has 28 heavy (non-hydrogen) atoms. The smallest absolute Gasteiger partial charge is 0.227 e. The van der Waals surface area contributed by atoms with Crippen LogP contribution in [0.1, 0.15) is 18.4 Å². The monoisotopic (exact) mass is 373 g/mol. The van der Waals surface area contributed by atoms with E-state index in [1.807, 2.05) is 0 Å². The van der Waals surface area contributed by atoms with Crippen LogP contribution in [0.4, 0.5) is 11.8 Å². The fraction of sp³-hybridized carbons (Fsp3) is 0.391. The van der Waals surface area contributed by atoms with Crippen molar-refractivity contribution in [3.63, 3.8) is 0 Å². The highest BCUT2D eigenvalue weighted by molar-refractivity contribution is 5.90. The van der Waals surface area contributed by atoms with Crippen molar-refractivity contribution in [2.24, 2.45) is 0 Å². The summed E-state index contributed by atoms with van der Waals surface area (Å²) in [6, 6.07) is 19.2. The minimum atomic E-state index is 0.889. The van der Waals surface area contributed by atoms with Gasteiger partial charge in [0.1, 0.15) is 5.82 Å². The van der Waals surface area contributed by atoms with Crippen molar-refractivity contribution < 1.29 is 0 Å². The molecular weight excluding hydrogens is 346 g/mol. The van der Waals surface area contributed by atoms with E-state index >= 15 is 0 Å². The molecular formula is C23H27N5. The lowest BCUT2D eigenvalue weighted by Crippen LogP contribution is -2.46. The summed E-state index contributed by atoms with van der Waals surface area (Å²) in [7, 11) is 0. The molecule has 3 aromatic rings. The summed E-state index contributed by atoms with van der Waals surface area (Å²) in [6.45, 7) is 7.27. The van der Waals surface area contributed by atoms with Gasteiger partial charge in [0, 0.05) is 51.2 Å². The van der Waals surface area contributed by atoms with E-state index in [1.165, 1.54) is 23.8 Å². The average molecular weight is 374 g/mol. The Labute approximate surface area is 166 Å². The Kier molecular flexibility index (Phi) is 4.83. The molecule has 0 atom stereocenters. The van der Waals surface area contributed by atoms with Crippen molar-refractivity contribution >= 4 is 22.7 Å². The van der Waals surface area contributed by atoms with Gasteiger partial charge in [0.2, 0.25) is 5.95 Å². The lowest BCUT2D eigenvalue weighted by Gasteiger charge is -2.35. The molecule has 5 nitrogen and oxygen atoms in total. The molecule has 144 valence electrons. The molecule has 0 spiro atoms. The fourth-order valence-corrected chi connectivity index (χ4v) is 4.31. The summed E-state index contributed by atoms with van der Waals surface area (Å²) < 4.78 is 0. The van der Waals surface area contributed by atoms with Gasteiger partial charge in [-0.15, -0.1) is 0 Å². The molecule has 1 aromatic heterocycles. The van der Waals surface area contributed by atoms with Gasteiger partial charge in [-0.3, -0.25) is 4.90 Å². The number of rotatable bonds is 4. The number of fused-ring (bicyclic) bond motifs is 1. The summed E-state index contributed by atoms with van der Waals surface area (Å²) >= 11 is 0. The largest absolute Gasteiger partial charge is 0.356 e. The Morgan fingerprint density at radius 1 is 0.679 bits per heavy atom. The zero-order chi connectivity index (χ0) is 18.8. The fourth-order valence-electron chi connectivity index (χ4n) is 4.31. The van der Waals surface area contributed by atoms with E-state index in [2.05, 4.69) is 69.3 Å². The van der Waals surface area contributed by atoms with Crippen molar-refractivity contribution in [2.75, 3.05) is 49.1 Å². The third kappa shape index (κ3) is 3.54. The van der Waals surface area contributed by atoms with E-state index < -0.39 is 0 Å². The van der Waals surface area contributed by atoms with Crippen LogP contribution in [0.5, 0.6) is 0 Å². The van der Waals surface area contributed by atoms with Gasteiger partial charge in [0.15, 0.2) is 0 Å². The number of hydrogen-bond donors (Lipinski definition) is 0. The highest BCUT2D eigenvalue weighted by Gasteiger charge is 2.23. The summed E-state index contributed by atoms with van der Waals surface area (Å²) in [5.74, 6) is 2.00. The van der Waals surface area contributed by atoms with Crippen molar-refractivity contribution in [3.05, 3.63) is 60.2 Å². The first-order chi connectivity index (χ1) is 13.9. The van der Waals surface area contributed by atoms with Crippen LogP contribution in [-0.2, 0) is 6.54 Å². The molecule has 0 N–H and O–H groups in total. The van der Waals surface area contributed by atoms with Crippen LogP contribution in [0.15, 0.2) is 54.6 Å². The van der Waals surface area contributed by atoms with Gasteiger partial charge in [-0.2, -0.15) is 4.98 Å². The van der Waals surface area contributed by atoms with Crippen LogP contribution in [0.3, 0.4) is 0 Å². The molecule has 2 saturated heterocycles. The molecule has 0 bridgehead atoms. The van der Waals surface area contributed by atoms with E-state index in [1.54, 1.807) is 0 Å². The average Bonchev–Trinajstić information content (AvgIpc) is 3.29. The van der Waals surface area contributed by atoms with Crippen LogP contribution >= 0.6 is 0 Å². The van der Waals surface area contributed by atoms with Gasteiger partial charge >= 0.3 is 0 Å². The number of para-hydroxylation sites is 1. The third-order valence-corrected chi connectivity index (χ3v) is 5.88. The zero-order valence-corrected chi connectivity index (χ0v) is 16.3. The van der Waals surface area contributed by atoms with E-state index in [4.69, 9.17) is 9.97 Å². The minimum Gasteiger partial charge on any atom is -0.356 e. The molecule has 5 heteroatoms. The molecule has 0 unspecified atom stereocenters. The van der Waals surface area contributed by atoms with Crippen LogP contribution in [0, 0.1) is 0 Å². The normalized spacial score (nSPS) is 18.1. The maximum Gasteiger partial charge on any atom is 0.227 e. The van der Waals surface area contributed by atoms with Crippen LogP contribution in [0.25, 0.3) is 10.9 Å². The lowest BCUT2D eigenvalue weighted by atomic mass is 10.2. The molecule has 0 saturated carbocycles. The first-order valence-electron chi connectivity index (χ1n) is 10.4. The topological polar surface area (TPSA) is 35.5 Å². The van der Waals surface area contributed by atoms with Crippen molar-refractivity contribution in [1.82, 2.24) is 14.9 Å². The number of hydrogen-bond acceptors (Lipinski definition) is 5. The summed E-state index contributed by atoms with van der Waals surface area (Å²) in [5.41, 5.74) is 2.44. The highest BCUT2D eigenvalue weighted by Crippen LogP contribution is 2.29. The maximum atomic E-state index is 5.04. The van der Waals surface area contributed by atoms with E-state index in [0.29, 0.717) is 0 Å². The Morgan fingerprint density at radius 3 is 2.18 bits per heavy atom. The predicted molar refractivity (Wildman–Crippen MR) is 115 cm³/mol. The molecule has 0 amide bonds. The second kappa shape index (κ2) is 7.76. The first kappa shape index (κ1) is 17.4. The second-order valence-corrected chi connectivity index (χ2v) is 7.81. The molecule has 3 heterocycles. The van der Waals surface area contributed by atoms with Gasteiger partial charge in [0.05, 0.1) is 5.52 Å². The Bertz CT molecular complexity index is 928. The molecule has 5 rings (SSSR count). The summed E-state index contributed by atoms with van der Waals surface area (Å²) in [6.07, 6.45) is 2.51. The van der Waals surface area contributed by atoms with Crippen LogP contribution < -0.4 is 9.80 Å². The lowest BCUT2D eigenvalue weighted by molar-refractivity contribution is 0.249. The van der Waals surface area contributed by atoms with Crippen molar-refractivity contribution in [1.29, 1.82) is 0 Å². The Balaban J connectivity index is 1.35. The number of anilines is 2. The number of nitrogens with zero attached hydrogens (tertiary/aromatic N) is 5. The Morgan fingerprint density at radius 2 is 1.39 bits per heavy atom. The minimum absolute atomic E-state index is 0.889. The molecule has 2 aliphatic rings. The number of piperazine rings is 1. The van der Waals surface area contributed by atoms with E-state index in [9.17, 15) is 0 Å². The molecule has 2 fully saturated rings. The highest BCUT2D eigenvalue weighted by atomic mass is 15.3. The summed E-state index contributed by atoms with van der Waals surface area (Å²) in [5, 5.41) is 1.18. The standard InChI is InChI=1S/C23H27N5/c1-2-8-19(9-3-1)18-26-14-16-28(17-15-26)23-24-21-11-5-4-10-20(21)22(25-23)27-12-6-7-13-27/h1-5,8-11H,6-7,12-18H2. The van der Waals surface area contributed by atoms with Gasteiger partial charge in [-0.05, 0) is 30.5 Å². The molecule has 0 aliphatic carbocycles.